The maximum atomic E-state index is 12.5. The summed E-state index contributed by atoms with van der Waals surface area (Å²) >= 11 is 0. The number of carbonyl (C=O) groups is 1. The summed E-state index contributed by atoms with van der Waals surface area (Å²) in [4.78, 5) is 16.9. The molecule has 0 aliphatic carbocycles. The third-order valence-electron chi connectivity index (χ3n) is 4.02. The van der Waals surface area contributed by atoms with Gasteiger partial charge in [-0.15, -0.1) is 0 Å². The normalized spacial score (nSPS) is 25.6. The lowest BCUT2D eigenvalue weighted by Crippen LogP contribution is -2.49. The number of rotatable bonds is 5. The van der Waals surface area contributed by atoms with Crippen LogP contribution in [0.15, 0.2) is 0 Å². The van der Waals surface area contributed by atoms with Crippen LogP contribution in [0.4, 0.5) is 0 Å². The van der Waals surface area contributed by atoms with Gasteiger partial charge in [0.25, 0.3) is 0 Å². The number of amides is 1. The molecule has 0 aromatic carbocycles. The summed E-state index contributed by atoms with van der Waals surface area (Å²) in [5, 5.41) is 0. The average Bonchev–Trinajstić information content (AvgIpc) is 2.88. The molecule has 1 unspecified atom stereocenters. The lowest BCUT2D eigenvalue weighted by molar-refractivity contribution is -0.140. The van der Waals surface area contributed by atoms with Crippen molar-refractivity contribution < 1.29 is 9.53 Å². The number of nitrogens with zero attached hydrogens (tertiary/aromatic N) is 2. The van der Waals surface area contributed by atoms with Crippen molar-refractivity contribution in [1.82, 2.24) is 9.80 Å². The molecule has 4 heteroatoms. The van der Waals surface area contributed by atoms with E-state index in [9.17, 15) is 4.79 Å². The van der Waals surface area contributed by atoms with Crippen LogP contribution in [0.2, 0.25) is 0 Å². The molecule has 0 saturated carbocycles. The minimum Gasteiger partial charge on any atom is -0.378 e. The second-order valence-electron chi connectivity index (χ2n) is 5.34. The number of hydrogen-bond donors (Lipinski definition) is 0. The van der Waals surface area contributed by atoms with Crippen LogP contribution in [0.5, 0.6) is 0 Å². The van der Waals surface area contributed by atoms with Crippen molar-refractivity contribution in [3.05, 3.63) is 0 Å². The summed E-state index contributed by atoms with van der Waals surface area (Å²) in [5.41, 5.74) is 0. The molecule has 2 aliphatic rings. The highest BCUT2D eigenvalue weighted by Crippen LogP contribution is 2.20. The van der Waals surface area contributed by atoms with Gasteiger partial charge >= 0.3 is 0 Å². The SMILES string of the molecule is CCCCCN1CCCC1C(=O)N1CCOCC1. The molecular weight excluding hydrogens is 228 g/mol. The second kappa shape index (κ2) is 7.10. The van der Waals surface area contributed by atoms with Crippen LogP contribution in [0.1, 0.15) is 39.0 Å². The molecule has 1 atom stereocenters. The molecule has 0 radical (unpaired) electrons. The fourth-order valence-corrected chi connectivity index (χ4v) is 2.93. The monoisotopic (exact) mass is 254 g/mol. The van der Waals surface area contributed by atoms with Gasteiger partial charge in [0.1, 0.15) is 0 Å². The minimum atomic E-state index is 0.153. The predicted octanol–water partition coefficient (Wildman–Crippen LogP) is 1.50. The van der Waals surface area contributed by atoms with E-state index in [4.69, 9.17) is 4.74 Å². The predicted molar refractivity (Wildman–Crippen MR) is 71.5 cm³/mol. The molecule has 18 heavy (non-hydrogen) atoms. The highest BCUT2D eigenvalue weighted by atomic mass is 16.5. The van der Waals surface area contributed by atoms with E-state index in [1.54, 1.807) is 0 Å². The van der Waals surface area contributed by atoms with E-state index >= 15 is 0 Å². The molecule has 2 rings (SSSR count). The van der Waals surface area contributed by atoms with Crippen molar-refractivity contribution in [3.8, 4) is 0 Å². The average molecular weight is 254 g/mol. The Balaban J connectivity index is 1.83. The first-order chi connectivity index (χ1) is 8.83. The zero-order valence-electron chi connectivity index (χ0n) is 11.6. The van der Waals surface area contributed by atoms with Gasteiger partial charge in [-0.05, 0) is 32.4 Å². The molecule has 4 nitrogen and oxygen atoms in total. The zero-order valence-corrected chi connectivity index (χ0v) is 11.6. The van der Waals surface area contributed by atoms with Crippen molar-refractivity contribution in [2.45, 2.75) is 45.1 Å². The molecule has 104 valence electrons. The lowest BCUT2D eigenvalue weighted by atomic mass is 10.1. The first-order valence-electron chi connectivity index (χ1n) is 7.43. The summed E-state index contributed by atoms with van der Waals surface area (Å²) in [6.07, 6.45) is 5.96. The van der Waals surface area contributed by atoms with E-state index in [0.717, 1.165) is 32.6 Å². The van der Waals surface area contributed by atoms with Gasteiger partial charge in [0.2, 0.25) is 5.91 Å². The summed E-state index contributed by atoms with van der Waals surface area (Å²) in [5.74, 6) is 0.340. The van der Waals surface area contributed by atoms with Crippen LogP contribution in [0.3, 0.4) is 0 Å². The number of morpholine rings is 1. The van der Waals surface area contributed by atoms with Gasteiger partial charge in [-0.3, -0.25) is 9.69 Å². The highest BCUT2D eigenvalue weighted by molar-refractivity contribution is 5.82. The first kappa shape index (κ1) is 13.8. The molecule has 1 amide bonds. The largest absolute Gasteiger partial charge is 0.378 e. The Morgan fingerprint density at radius 3 is 2.72 bits per heavy atom. The molecule has 2 saturated heterocycles. The van der Waals surface area contributed by atoms with Crippen molar-refractivity contribution in [2.75, 3.05) is 39.4 Å². The number of unbranched alkanes of at least 4 members (excludes halogenated alkanes) is 2. The maximum Gasteiger partial charge on any atom is 0.240 e. The van der Waals surface area contributed by atoms with Gasteiger partial charge in [-0.1, -0.05) is 19.8 Å². The molecule has 2 fully saturated rings. The Morgan fingerprint density at radius 1 is 1.22 bits per heavy atom. The summed E-state index contributed by atoms with van der Waals surface area (Å²) in [7, 11) is 0. The van der Waals surface area contributed by atoms with E-state index < -0.39 is 0 Å². The number of carbonyl (C=O) groups excluding carboxylic acids is 1. The summed E-state index contributed by atoms with van der Waals surface area (Å²) < 4.78 is 5.31. The Hall–Kier alpha value is -0.610. The van der Waals surface area contributed by atoms with Gasteiger partial charge in [0.05, 0.1) is 19.3 Å². The quantitative estimate of drug-likeness (QED) is 0.697. The third kappa shape index (κ3) is 3.45. The Labute approximate surface area is 110 Å². The van der Waals surface area contributed by atoms with E-state index in [2.05, 4.69) is 11.8 Å². The number of ether oxygens (including phenoxy) is 1. The fraction of sp³-hybridized carbons (Fsp3) is 0.929. The molecule has 2 heterocycles. The van der Waals surface area contributed by atoms with E-state index in [0.29, 0.717) is 19.1 Å². The Morgan fingerprint density at radius 2 is 2.00 bits per heavy atom. The second-order valence-corrected chi connectivity index (χ2v) is 5.34. The van der Waals surface area contributed by atoms with Gasteiger partial charge in [0.15, 0.2) is 0 Å². The van der Waals surface area contributed by atoms with Crippen LogP contribution in [-0.2, 0) is 9.53 Å². The lowest BCUT2D eigenvalue weighted by Gasteiger charge is -2.32. The standard InChI is InChI=1S/C14H26N2O2/c1-2-3-4-7-15-8-5-6-13(15)14(17)16-9-11-18-12-10-16/h13H,2-12H2,1H3. The van der Waals surface area contributed by atoms with Gasteiger partial charge in [0, 0.05) is 13.1 Å². The molecule has 0 bridgehead atoms. The summed E-state index contributed by atoms with van der Waals surface area (Å²) in [6.45, 7) is 7.37. The van der Waals surface area contributed by atoms with E-state index in [1.807, 2.05) is 4.90 Å². The minimum absolute atomic E-state index is 0.153. The summed E-state index contributed by atoms with van der Waals surface area (Å²) in [6, 6.07) is 0.153. The fourth-order valence-electron chi connectivity index (χ4n) is 2.93. The van der Waals surface area contributed by atoms with Crippen molar-refractivity contribution in [2.24, 2.45) is 0 Å². The van der Waals surface area contributed by atoms with E-state index in [-0.39, 0.29) is 6.04 Å². The number of hydrogen-bond acceptors (Lipinski definition) is 3. The van der Waals surface area contributed by atoms with Crippen molar-refractivity contribution >= 4 is 5.91 Å². The zero-order chi connectivity index (χ0) is 12.8. The maximum absolute atomic E-state index is 12.5. The molecule has 0 N–H and O–H groups in total. The van der Waals surface area contributed by atoms with Gasteiger partial charge < -0.3 is 9.64 Å². The van der Waals surface area contributed by atoms with Crippen LogP contribution >= 0.6 is 0 Å². The Bertz CT molecular complexity index is 265. The van der Waals surface area contributed by atoms with Crippen LogP contribution in [0, 0.1) is 0 Å². The number of likely N-dealkylation sites (tertiary alicyclic amines) is 1. The Kier molecular flexibility index (Phi) is 5.45. The van der Waals surface area contributed by atoms with Crippen LogP contribution in [0.25, 0.3) is 0 Å². The molecular formula is C14H26N2O2. The van der Waals surface area contributed by atoms with Crippen molar-refractivity contribution in [3.63, 3.8) is 0 Å². The van der Waals surface area contributed by atoms with Gasteiger partial charge in [-0.2, -0.15) is 0 Å². The smallest absolute Gasteiger partial charge is 0.240 e. The van der Waals surface area contributed by atoms with E-state index in [1.165, 1.54) is 25.7 Å². The molecule has 0 aromatic rings. The molecule has 0 spiro atoms. The van der Waals surface area contributed by atoms with Crippen LogP contribution < -0.4 is 0 Å². The molecule has 2 aliphatic heterocycles. The molecule has 0 aromatic heterocycles. The van der Waals surface area contributed by atoms with Crippen molar-refractivity contribution in [1.29, 1.82) is 0 Å². The topological polar surface area (TPSA) is 32.8 Å². The highest BCUT2D eigenvalue weighted by Gasteiger charge is 2.33. The third-order valence-corrected chi connectivity index (χ3v) is 4.02. The first-order valence-corrected chi connectivity index (χ1v) is 7.43. The van der Waals surface area contributed by atoms with Gasteiger partial charge in [-0.25, -0.2) is 0 Å². The van der Waals surface area contributed by atoms with Crippen LogP contribution in [-0.4, -0.2) is 61.1 Å².